The van der Waals surface area contributed by atoms with Crippen molar-refractivity contribution in [1.82, 2.24) is 10.3 Å². The molecule has 3 heterocycles. The lowest BCUT2D eigenvalue weighted by Gasteiger charge is -2.45. The second kappa shape index (κ2) is 4.30. The zero-order chi connectivity index (χ0) is 12.8. The molecule has 0 amide bonds. The minimum atomic E-state index is -0.733. The number of nitrogens with one attached hydrogen (secondary N) is 1. The van der Waals surface area contributed by atoms with Gasteiger partial charge in [-0.1, -0.05) is 0 Å². The standard InChI is InChI=1S/C14H20N2O2/c1-9-3-11(4-10(2)15-9)14(17)5-12-7-18-8-13(6-14)16-12/h3-4,12-13,16-17H,5-8H2,1-2H3. The molecule has 2 saturated heterocycles. The van der Waals surface area contributed by atoms with Gasteiger partial charge in [0.05, 0.1) is 18.8 Å². The fraction of sp³-hybridized carbons (Fsp3) is 0.643. The van der Waals surface area contributed by atoms with E-state index in [0.717, 1.165) is 17.0 Å². The van der Waals surface area contributed by atoms with Crippen LogP contribution in [-0.4, -0.2) is 35.4 Å². The fourth-order valence-electron chi connectivity index (χ4n) is 3.26. The summed E-state index contributed by atoms with van der Waals surface area (Å²) < 4.78 is 5.53. The lowest BCUT2D eigenvalue weighted by Crippen LogP contribution is -2.58. The molecule has 0 saturated carbocycles. The minimum Gasteiger partial charge on any atom is -0.385 e. The van der Waals surface area contributed by atoms with E-state index < -0.39 is 5.60 Å². The minimum absolute atomic E-state index is 0.260. The van der Waals surface area contributed by atoms with E-state index in [1.54, 1.807) is 0 Å². The molecule has 2 fully saturated rings. The first-order valence-corrected chi connectivity index (χ1v) is 6.57. The molecule has 2 bridgehead atoms. The molecule has 2 aliphatic heterocycles. The third-order valence-electron chi connectivity index (χ3n) is 3.90. The first-order chi connectivity index (χ1) is 8.55. The predicted octanol–water partition coefficient (Wildman–Crippen LogP) is 1.04. The van der Waals surface area contributed by atoms with Gasteiger partial charge in [0.2, 0.25) is 0 Å². The van der Waals surface area contributed by atoms with Gasteiger partial charge >= 0.3 is 0 Å². The van der Waals surface area contributed by atoms with Gasteiger partial charge in [-0.3, -0.25) is 4.98 Å². The van der Waals surface area contributed by atoms with E-state index in [-0.39, 0.29) is 12.1 Å². The van der Waals surface area contributed by atoms with Crippen molar-refractivity contribution in [1.29, 1.82) is 0 Å². The summed E-state index contributed by atoms with van der Waals surface area (Å²) in [5.41, 5.74) is 2.21. The molecule has 0 aliphatic carbocycles. The van der Waals surface area contributed by atoms with E-state index in [9.17, 15) is 5.11 Å². The Morgan fingerprint density at radius 2 is 1.78 bits per heavy atom. The summed E-state index contributed by atoms with van der Waals surface area (Å²) >= 11 is 0. The normalized spacial score (nSPS) is 35.5. The second-order valence-electron chi connectivity index (χ2n) is 5.68. The largest absolute Gasteiger partial charge is 0.385 e. The van der Waals surface area contributed by atoms with Crippen LogP contribution >= 0.6 is 0 Å². The average Bonchev–Trinajstić information content (AvgIpc) is 2.26. The number of morpholine rings is 1. The third-order valence-corrected chi connectivity index (χ3v) is 3.90. The Labute approximate surface area is 107 Å². The Morgan fingerprint density at radius 1 is 1.22 bits per heavy atom. The number of hydrogen-bond donors (Lipinski definition) is 2. The van der Waals surface area contributed by atoms with Crippen molar-refractivity contribution in [3.63, 3.8) is 0 Å². The number of rotatable bonds is 1. The first-order valence-electron chi connectivity index (χ1n) is 6.57. The summed E-state index contributed by atoms with van der Waals surface area (Å²) in [7, 11) is 0. The van der Waals surface area contributed by atoms with Gasteiger partial charge in [0.15, 0.2) is 0 Å². The molecule has 1 aromatic heterocycles. The molecule has 1 aromatic rings. The molecule has 2 N–H and O–H groups in total. The maximum Gasteiger partial charge on any atom is 0.0929 e. The van der Waals surface area contributed by atoms with Gasteiger partial charge in [-0.2, -0.15) is 0 Å². The molecule has 0 radical (unpaired) electrons. The predicted molar refractivity (Wildman–Crippen MR) is 68.4 cm³/mol. The third kappa shape index (κ3) is 2.16. The van der Waals surface area contributed by atoms with Gasteiger partial charge in [-0.05, 0) is 44.4 Å². The van der Waals surface area contributed by atoms with Crippen molar-refractivity contribution in [3.05, 3.63) is 29.1 Å². The van der Waals surface area contributed by atoms with Crippen LogP contribution < -0.4 is 5.32 Å². The van der Waals surface area contributed by atoms with E-state index in [1.165, 1.54) is 0 Å². The molecule has 98 valence electrons. The smallest absolute Gasteiger partial charge is 0.0929 e. The van der Waals surface area contributed by atoms with Gasteiger partial charge in [-0.15, -0.1) is 0 Å². The SMILES string of the molecule is Cc1cc(C2(O)CC3COCC(C2)N3)cc(C)n1. The van der Waals surface area contributed by atoms with E-state index in [0.29, 0.717) is 26.1 Å². The number of fused-ring (bicyclic) bond motifs is 2. The van der Waals surface area contributed by atoms with Crippen LogP contribution in [0.5, 0.6) is 0 Å². The van der Waals surface area contributed by atoms with Crippen molar-refractivity contribution in [2.24, 2.45) is 0 Å². The molecular weight excluding hydrogens is 228 g/mol. The maximum absolute atomic E-state index is 11.0. The van der Waals surface area contributed by atoms with Crippen molar-refractivity contribution >= 4 is 0 Å². The van der Waals surface area contributed by atoms with E-state index in [4.69, 9.17) is 4.74 Å². The number of piperidine rings is 1. The summed E-state index contributed by atoms with van der Waals surface area (Å²) in [5, 5.41) is 14.5. The molecule has 3 rings (SSSR count). The highest BCUT2D eigenvalue weighted by Crippen LogP contribution is 2.36. The Kier molecular flexibility index (Phi) is 2.88. The molecule has 4 heteroatoms. The van der Waals surface area contributed by atoms with Crippen molar-refractivity contribution < 1.29 is 9.84 Å². The highest BCUT2D eigenvalue weighted by molar-refractivity contribution is 5.28. The van der Waals surface area contributed by atoms with Crippen LogP contribution in [0.15, 0.2) is 12.1 Å². The topological polar surface area (TPSA) is 54.4 Å². The lowest BCUT2D eigenvalue weighted by atomic mass is 9.78. The van der Waals surface area contributed by atoms with Crippen LogP contribution in [0, 0.1) is 13.8 Å². The van der Waals surface area contributed by atoms with Crippen molar-refractivity contribution in [3.8, 4) is 0 Å². The number of ether oxygens (including phenoxy) is 1. The van der Waals surface area contributed by atoms with Crippen LogP contribution in [0.2, 0.25) is 0 Å². The lowest BCUT2D eigenvalue weighted by molar-refractivity contribution is -0.0803. The number of pyridine rings is 1. The summed E-state index contributed by atoms with van der Waals surface area (Å²) in [6.07, 6.45) is 1.43. The van der Waals surface area contributed by atoms with Gasteiger partial charge in [0.1, 0.15) is 0 Å². The first kappa shape index (κ1) is 12.1. The Hall–Kier alpha value is -0.970. The number of hydrogen-bond acceptors (Lipinski definition) is 4. The van der Waals surface area contributed by atoms with Gasteiger partial charge in [-0.25, -0.2) is 0 Å². The highest BCUT2D eigenvalue weighted by Gasteiger charge is 2.42. The van der Waals surface area contributed by atoms with Crippen LogP contribution in [0.3, 0.4) is 0 Å². The van der Waals surface area contributed by atoms with Crippen molar-refractivity contribution in [2.75, 3.05) is 13.2 Å². The monoisotopic (exact) mass is 248 g/mol. The number of nitrogens with zero attached hydrogens (tertiary/aromatic N) is 1. The Balaban J connectivity index is 1.93. The highest BCUT2D eigenvalue weighted by atomic mass is 16.5. The Bertz CT molecular complexity index is 429. The van der Waals surface area contributed by atoms with Crippen LogP contribution in [0.25, 0.3) is 0 Å². The fourth-order valence-corrected chi connectivity index (χ4v) is 3.26. The van der Waals surface area contributed by atoms with Crippen LogP contribution in [0.4, 0.5) is 0 Å². The summed E-state index contributed by atoms with van der Waals surface area (Å²) in [6, 6.07) is 4.54. The average molecular weight is 248 g/mol. The molecular formula is C14H20N2O2. The quantitative estimate of drug-likeness (QED) is 0.779. The van der Waals surface area contributed by atoms with Gasteiger partial charge < -0.3 is 15.2 Å². The number of aromatic nitrogens is 1. The van der Waals surface area contributed by atoms with Crippen LogP contribution in [-0.2, 0) is 10.3 Å². The summed E-state index contributed by atoms with van der Waals surface area (Å²) in [4.78, 5) is 4.38. The Morgan fingerprint density at radius 3 is 2.33 bits per heavy atom. The zero-order valence-corrected chi connectivity index (χ0v) is 10.9. The van der Waals surface area contributed by atoms with E-state index >= 15 is 0 Å². The molecule has 0 spiro atoms. The molecule has 2 aliphatic rings. The second-order valence-corrected chi connectivity index (χ2v) is 5.68. The number of aryl methyl sites for hydroxylation is 2. The van der Waals surface area contributed by atoms with Crippen LogP contribution in [0.1, 0.15) is 29.8 Å². The van der Waals surface area contributed by atoms with Gasteiger partial charge in [0.25, 0.3) is 0 Å². The zero-order valence-electron chi connectivity index (χ0n) is 10.9. The molecule has 0 aromatic carbocycles. The summed E-state index contributed by atoms with van der Waals surface area (Å²) in [6.45, 7) is 5.35. The van der Waals surface area contributed by atoms with E-state index in [2.05, 4.69) is 10.3 Å². The number of aliphatic hydroxyl groups is 1. The van der Waals surface area contributed by atoms with Crippen molar-refractivity contribution in [2.45, 2.75) is 44.4 Å². The maximum atomic E-state index is 11.0. The molecule has 2 unspecified atom stereocenters. The molecule has 2 atom stereocenters. The van der Waals surface area contributed by atoms with Gasteiger partial charge in [0, 0.05) is 23.5 Å². The summed E-state index contributed by atoms with van der Waals surface area (Å²) in [5.74, 6) is 0. The van der Waals surface area contributed by atoms with E-state index in [1.807, 2.05) is 26.0 Å². The molecule has 4 nitrogen and oxygen atoms in total. The molecule has 18 heavy (non-hydrogen) atoms.